The zero-order valence-electron chi connectivity index (χ0n) is 11.7. The van der Waals surface area contributed by atoms with Crippen LogP contribution in [0.4, 0.5) is 4.39 Å². The van der Waals surface area contributed by atoms with E-state index in [1.54, 1.807) is 6.07 Å². The van der Waals surface area contributed by atoms with Crippen molar-refractivity contribution in [3.8, 4) is 16.9 Å². The average Bonchev–Trinajstić information content (AvgIpc) is 2.71. The fourth-order valence-corrected chi connectivity index (χ4v) is 2.70. The van der Waals surface area contributed by atoms with E-state index in [4.69, 9.17) is 10.5 Å². The zero-order valence-corrected chi connectivity index (χ0v) is 11.7. The summed E-state index contributed by atoms with van der Waals surface area (Å²) in [5.74, 6) is 0.670. The predicted molar refractivity (Wildman–Crippen MR) is 78.1 cm³/mol. The number of benzene rings is 2. The smallest absolute Gasteiger partial charge is 0.131 e. The van der Waals surface area contributed by atoms with E-state index in [-0.39, 0.29) is 11.4 Å². The molecule has 0 fully saturated rings. The number of hydrogen-bond acceptors (Lipinski definition) is 2. The summed E-state index contributed by atoms with van der Waals surface area (Å²) in [6, 6.07) is 11.0. The second-order valence-corrected chi connectivity index (χ2v) is 5.88. The van der Waals surface area contributed by atoms with Crippen LogP contribution in [0.2, 0.25) is 0 Å². The Morgan fingerprint density at radius 1 is 1.20 bits per heavy atom. The zero-order chi connectivity index (χ0) is 14.3. The molecule has 2 N–H and O–H groups in total. The van der Waals surface area contributed by atoms with Crippen molar-refractivity contribution in [2.24, 2.45) is 5.73 Å². The molecule has 0 bridgehead atoms. The number of ether oxygens (including phenoxy) is 1. The molecular weight excluding hydrogens is 253 g/mol. The number of hydrogen-bond donors (Lipinski definition) is 1. The van der Waals surface area contributed by atoms with Crippen LogP contribution in [0, 0.1) is 5.82 Å². The molecule has 1 aliphatic rings. The van der Waals surface area contributed by atoms with Crippen molar-refractivity contribution < 1.29 is 9.13 Å². The van der Waals surface area contributed by atoms with Crippen molar-refractivity contribution in [2.45, 2.75) is 32.4 Å². The van der Waals surface area contributed by atoms with Crippen molar-refractivity contribution >= 4 is 0 Å². The lowest BCUT2D eigenvalue weighted by Crippen LogP contribution is -2.24. The summed E-state index contributed by atoms with van der Waals surface area (Å²) in [5, 5.41) is 0. The van der Waals surface area contributed by atoms with Crippen molar-refractivity contribution in [3.05, 3.63) is 53.3 Å². The highest BCUT2D eigenvalue weighted by molar-refractivity contribution is 5.67. The van der Waals surface area contributed by atoms with Crippen LogP contribution in [0.25, 0.3) is 11.1 Å². The minimum atomic E-state index is -0.230. The van der Waals surface area contributed by atoms with Crippen LogP contribution in [0.3, 0.4) is 0 Å². The van der Waals surface area contributed by atoms with E-state index < -0.39 is 0 Å². The minimum absolute atomic E-state index is 0.178. The van der Waals surface area contributed by atoms with Gasteiger partial charge in [-0.05, 0) is 48.7 Å². The molecule has 0 aliphatic carbocycles. The first-order chi connectivity index (χ1) is 9.48. The van der Waals surface area contributed by atoms with Crippen LogP contribution < -0.4 is 10.5 Å². The summed E-state index contributed by atoms with van der Waals surface area (Å²) in [7, 11) is 0. The van der Waals surface area contributed by atoms with E-state index in [1.165, 1.54) is 6.07 Å². The summed E-state index contributed by atoms with van der Waals surface area (Å²) in [6.45, 7) is 4.47. The molecule has 0 spiro atoms. The van der Waals surface area contributed by atoms with E-state index in [0.29, 0.717) is 12.1 Å². The summed E-state index contributed by atoms with van der Waals surface area (Å²) in [6.07, 6.45) is 0.846. The van der Waals surface area contributed by atoms with Gasteiger partial charge in [0.2, 0.25) is 0 Å². The largest absolute Gasteiger partial charge is 0.487 e. The van der Waals surface area contributed by atoms with Gasteiger partial charge in [-0.2, -0.15) is 0 Å². The fourth-order valence-electron chi connectivity index (χ4n) is 2.70. The lowest BCUT2D eigenvalue weighted by atomic mass is 9.97. The molecule has 3 rings (SSSR count). The molecule has 0 aromatic heterocycles. The molecule has 20 heavy (non-hydrogen) atoms. The van der Waals surface area contributed by atoms with Gasteiger partial charge in [0, 0.05) is 18.5 Å². The molecule has 0 radical (unpaired) electrons. The maximum absolute atomic E-state index is 14.1. The molecule has 0 atom stereocenters. The van der Waals surface area contributed by atoms with Crippen molar-refractivity contribution in [1.82, 2.24) is 0 Å². The summed E-state index contributed by atoms with van der Waals surface area (Å²) in [4.78, 5) is 0. The first kappa shape index (κ1) is 13.1. The van der Waals surface area contributed by atoms with E-state index in [1.807, 2.05) is 24.3 Å². The van der Waals surface area contributed by atoms with Gasteiger partial charge in [-0.25, -0.2) is 4.39 Å². The fraction of sp³-hybridized carbons (Fsp3) is 0.294. The Morgan fingerprint density at radius 3 is 2.70 bits per heavy atom. The van der Waals surface area contributed by atoms with Gasteiger partial charge in [0.15, 0.2) is 0 Å². The number of rotatable bonds is 2. The van der Waals surface area contributed by atoms with E-state index in [2.05, 4.69) is 13.8 Å². The molecule has 0 saturated carbocycles. The number of fused-ring (bicyclic) bond motifs is 1. The van der Waals surface area contributed by atoms with E-state index in [0.717, 1.165) is 28.9 Å². The number of nitrogens with two attached hydrogens (primary N) is 1. The highest BCUT2D eigenvalue weighted by Crippen LogP contribution is 2.37. The van der Waals surface area contributed by atoms with Gasteiger partial charge in [-0.3, -0.25) is 0 Å². The van der Waals surface area contributed by atoms with Crippen LogP contribution >= 0.6 is 0 Å². The van der Waals surface area contributed by atoms with Gasteiger partial charge in [0.05, 0.1) is 0 Å². The van der Waals surface area contributed by atoms with Crippen molar-refractivity contribution in [2.75, 3.05) is 0 Å². The molecule has 3 heteroatoms. The van der Waals surface area contributed by atoms with Gasteiger partial charge in [0.1, 0.15) is 17.2 Å². The summed E-state index contributed by atoms with van der Waals surface area (Å²) >= 11 is 0. The molecule has 1 heterocycles. The van der Waals surface area contributed by atoms with Crippen LogP contribution in [0.1, 0.15) is 25.0 Å². The highest BCUT2D eigenvalue weighted by Gasteiger charge is 2.30. The molecule has 2 aromatic rings. The maximum Gasteiger partial charge on any atom is 0.131 e. The highest BCUT2D eigenvalue weighted by atomic mass is 19.1. The lowest BCUT2D eigenvalue weighted by Gasteiger charge is -2.16. The van der Waals surface area contributed by atoms with Crippen molar-refractivity contribution in [1.29, 1.82) is 0 Å². The first-order valence-corrected chi connectivity index (χ1v) is 6.79. The molecule has 0 saturated heterocycles. The monoisotopic (exact) mass is 271 g/mol. The van der Waals surface area contributed by atoms with E-state index in [9.17, 15) is 4.39 Å². The topological polar surface area (TPSA) is 35.2 Å². The molecular formula is C17H18FNO. The Bertz CT molecular complexity index is 664. The molecule has 104 valence electrons. The Balaban J connectivity index is 2.01. The third-order valence-corrected chi connectivity index (χ3v) is 3.64. The second-order valence-electron chi connectivity index (χ2n) is 5.88. The first-order valence-electron chi connectivity index (χ1n) is 6.79. The van der Waals surface area contributed by atoms with Crippen LogP contribution in [0.5, 0.6) is 5.75 Å². The number of halogens is 1. The van der Waals surface area contributed by atoms with Gasteiger partial charge in [-0.1, -0.05) is 18.2 Å². The minimum Gasteiger partial charge on any atom is -0.487 e. The molecule has 0 amide bonds. The Labute approximate surface area is 118 Å². The predicted octanol–water partition coefficient (Wildman–Crippen LogP) is 3.66. The van der Waals surface area contributed by atoms with Gasteiger partial charge in [-0.15, -0.1) is 0 Å². The average molecular weight is 271 g/mol. The summed E-state index contributed by atoms with van der Waals surface area (Å²) < 4.78 is 20.0. The normalized spacial score (nSPS) is 15.8. The molecule has 1 aliphatic heterocycles. The summed E-state index contributed by atoms with van der Waals surface area (Å²) in [5.41, 5.74) is 8.77. The SMILES string of the molecule is CC1(C)Cc2cc(-c3ccc(CN)cc3F)ccc2O1. The molecule has 2 aromatic carbocycles. The second kappa shape index (κ2) is 4.60. The van der Waals surface area contributed by atoms with Crippen LogP contribution in [-0.4, -0.2) is 5.60 Å². The maximum atomic E-state index is 14.1. The Kier molecular flexibility index (Phi) is 3.02. The third kappa shape index (κ3) is 2.29. The quantitative estimate of drug-likeness (QED) is 0.904. The third-order valence-electron chi connectivity index (χ3n) is 3.64. The lowest BCUT2D eigenvalue weighted by molar-refractivity contribution is 0.138. The van der Waals surface area contributed by atoms with Gasteiger partial charge >= 0.3 is 0 Å². The Hall–Kier alpha value is -1.87. The molecule has 2 nitrogen and oxygen atoms in total. The van der Waals surface area contributed by atoms with Crippen LogP contribution in [-0.2, 0) is 13.0 Å². The van der Waals surface area contributed by atoms with Gasteiger partial charge < -0.3 is 10.5 Å². The molecule has 0 unspecified atom stereocenters. The Morgan fingerprint density at radius 2 is 2.00 bits per heavy atom. The van der Waals surface area contributed by atoms with Crippen molar-refractivity contribution in [3.63, 3.8) is 0 Å². The van der Waals surface area contributed by atoms with Gasteiger partial charge in [0.25, 0.3) is 0 Å². The van der Waals surface area contributed by atoms with E-state index >= 15 is 0 Å². The van der Waals surface area contributed by atoms with Crippen LogP contribution in [0.15, 0.2) is 36.4 Å². The standard InChI is InChI=1S/C17H18FNO/c1-17(2)9-13-8-12(4-6-16(13)20-17)14-5-3-11(10-19)7-15(14)18/h3-8H,9-10,19H2,1-2H3.